The number of halogens is 1. The van der Waals surface area contributed by atoms with Gasteiger partial charge in [0.15, 0.2) is 0 Å². The molecule has 0 bridgehead atoms. The number of anilines is 2. The number of ether oxygens (including phenoxy) is 2. The molecule has 0 unspecified atom stereocenters. The summed E-state index contributed by atoms with van der Waals surface area (Å²) < 4.78 is 38.2. The van der Waals surface area contributed by atoms with Gasteiger partial charge in [0.2, 0.25) is 5.95 Å². The van der Waals surface area contributed by atoms with Crippen LogP contribution in [0.1, 0.15) is 5.56 Å². The van der Waals surface area contributed by atoms with Gasteiger partial charge in [-0.1, -0.05) is 30.3 Å². The molecule has 38 heavy (non-hydrogen) atoms. The summed E-state index contributed by atoms with van der Waals surface area (Å²) in [5, 5.41) is 4.67. The van der Waals surface area contributed by atoms with Crippen molar-refractivity contribution in [2.24, 2.45) is 0 Å². The summed E-state index contributed by atoms with van der Waals surface area (Å²) >= 11 is 6.61. The second-order valence-corrected chi connectivity index (χ2v) is 10.2. The summed E-state index contributed by atoms with van der Waals surface area (Å²) in [4.78, 5) is 22.7. The largest absolute Gasteiger partial charge is 0.497 e. The van der Waals surface area contributed by atoms with E-state index in [1.165, 1.54) is 14.2 Å². The van der Waals surface area contributed by atoms with Gasteiger partial charge in [0.1, 0.15) is 17.1 Å². The summed E-state index contributed by atoms with van der Waals surface area (Å²) in [5.74, 6) is 1.24. The van der Waals surface area contributed by atoms with Crippen molar-refractivity contribution in [1.82, 2.24) is 14.5 Å². The maximum atomic E-state index is 13.9. The van der Waals surface area contributed by atoms with Crippen LogP contribution in [0.25, 0.3) is 22.2 Å². The SMILES string of the molecule is C=CS(=O)(=O)Nc1ccc(CCn2c(=O)c(-c3cc(OC)cc(OC)c3Cl)cc3cnc(NC)nc32)cc1. The zero-order chi connectivity index (χ0) is 27.4. The number of hydrogen-bond donors (Lipinski definition) is 2. The monoisotopic (exact) mass is 555 g/mol. The number of rotatable bonds is 10. The summed E-state index contributed by atoms with van der Waals surface area (Å²) in [5.41, 5.74) is 2.26. The van der Waals surface area contributed by atoms with Crippen molar-refractivity contribution in [1.29, 1.82) is 0 Å². The molecule has 2 heterocycles. The van der Waals surface area contributed by atoms with Gasteiger partial charge in [-0.3, -0.25) is 14.1 Å². The minimum atomic E-state index is -3.60. The molecule has 12 heteroatoms. The highest BCUT2D eigenvalue weighted by molar-refractivity contribution is 7.95. The summed E-state index contributed by atoms with van der Waals surface area (Å²) in [7, 11) is 1.10. The van der Waals surface area contributed by atoms with Crippen molar-refractivity contribution >= 4 is 44.3 Å². The lowest BCUT2D eigenvalue weighted by molar-refractivity contribution is 0.395. The highest BCUT2D eigenvalue weighted by Gasteiger charge is 2.19. The Morgan fingerprint density at radius 1 is 1.11 bits per heavy atom. The van der Waals surface area contributed by atoms with Crippen molar-refractivity contribution in [3.63, 3.8) is 0 Å². The van der Waals surface area contributed by atoms with E-state index in [2.05, 4.69) is 26.6 Å². The molecule has 0 amide bonds. The molecule has 0 atom stereocenters. The number of pyridine rings is 1. The molecular weight excluding hydrogens is 530 g/mol. The third-order valence-electron chi connectivity index (χ3n) is 5.87. The van der Waals surface area contributed by atoms with E-state index in [9.17, 15) is 13.2 Å². The maximum Gasteiger partial charge on any atom is 0.260 e. The van der Waals surface area contributed by atoms with Gasteiger partial charge in [0.25, 0.3) is 15.6 Å². The third kappa shape index (κ3) is 5.58. The topological polar surface area (TPSA) is 124 Å². The fraction of sp³-hybridized carbons (Fsp3) is 0.192. The number of aryl methyl sites for hydroxylation is 2. The summed E-state index contributed by atoms with van der Waals surface area (Å²) in [6, 6.07) is 11.9. The molecule has 0 aliphatic heterocycles. The zero-order valence-electron chi connectivity index (χ0n) is 21.0. The average Bonchev–Trinajstić information content (AvgIpc) is 2.93. The maximum absolute atomic E-state index is 13.9. The van der Waals surface area contributed by atoms with Crippen molar-refractivity contribution in [3.05, 3.63) is 81.6 Å². The predicted molar refractivity (Wildman–Crippen MR) is 150 cm³/mol. The fourth-order valence-electron chi connectivity index (χ4n) is 3.90. The van der Waals surface area contributed by atoms with Crippen LogP contribution in [0.4, 0.5) is 11.6 Å². The average molecular weight is 556 g/mol. The first-order chi connectivity index (χ1) is 18.2. The van der Waals surface area contributed by atoms with E-state index in [4.69, 9.17) is 21.1 Å². The van der Waals surface area contributed by atoms with E-state index in [0.717, 1.165) is 11.0 Å². The molecule has 2 aromatic heterocycles. The molecule has 4 rings (SSSR count). The van der Waals surface area contributed by atoms with Gasteiger partial charge in [-0.25, -0.2) is 13.4 Å². The van der Waals surface area contributed by atoms with Crippen LogP contribution >= 0.6 is 11.6 Å². The van der Waals surface area contributed by atoms with Gasteiger partial charge in [0, 0.05) is 53.5 Å². The number of aromatic nitrogens is 3. The van der Waals surface area contributed by atoms with Crippen molar-refractivity contribution < 1.29 is 17.9 Å². The first kappa shape index (κ1) is 27.0. The molecule has 198 valence electrons. The Morgan fingerprint density at radius 2 is 1.84 bits per heavy atom. The summed E-state index contributed by atoms with van der Waals surface area (Å²) in [6.07, 6.45) is 2.11. The first-order valence-electron chi connectivity index (χ1n) is 11.4. The van der Waals surface area contributed by atoms with Crippen LogP contribution in [0.5, 0.6) is 11.5 Å². The highest BCUT2D eigenvalue weighted by Crippen LogP contribution is 2.38. The molecule has 10 nitrogen and oxygen atoms in total. The predicted octanol–water partition coefficient (Wildman–Crippen LogP) is 4.30. The van der Waals surface area contributed by atoms with Crippen molar-refractivity contribution in [2.45, 2.75) is 13.0 Å². The minimum absolute atomic E-state index is 0.279. The molecule has 0 aliphatic rings. The lowest BCUT2D eigenvalue weighted by Crippen LogP contribution is -2.24. The molecule has 0 spiro atoms. The van der Waals surface area contributed by atoms with Crippen LogP contribution in [0.3, 0.4) is 0 Å². The second kappa shape index (κ2) is 11.1. The standard InChI is InChI=1S/C26H26ClN5O5S/c1-5-38(34,35)31-18-8-6-16(7-9-18)10-11-32-24-17(15-29-26(28-2)30-24)12-21(25(32)33)20-13-19(36-3)14-22(37-4)23(20)27/h5-9,12-15,31H,1,10-11H2,2-4H3,(H,28,29,30). The molecule has 0 fully saturated rings. The lowest BCUT2D eigenvalue weighted by Gasteiger charge is -2.16. The van der Waals surface area contributed by atoms with E-state index in [1.807, 2.05) is 0 Å². The Kier molecular flexibility index (Phi) is 7.88. The quantitative estimate of drug-likeness (QED) is 0.297. The lowest BCUT2D eigenvalue weighted by atomic mass is 10.0. The molecule has 0 saturated heterocycles. The Hall–Kier alpha value is -4.09. The smallest absolute Gasteiger partial charge is 0.260 e. The first-order valence-corrected chi connectivity index (χ1v) is 13.4. The summed E-state index contributed by atoms with van der Waals surface area (Å²) in [6.45, 7) is 3.58. The number of nitrogens with zero attached hydrogens (tertiary/aromatic N) is 3. The van der Waals surface area contributed by atoms with Crippen LogP contribution in [0.15, 0.2) is 65.4 Å². The van der Waals surface area contributed by atoms with Crippen LogP contribution in [0, 0.1) is 0 Å². The van der Waals surface area contributed by atoms with Gasteiger partial charge in [-0.15, -0.1) is 0 Å². The van der Waals surface area contributed by atoms with Gasteiger partial charge in [-0.05, 0) is 36.2 Å². The molecular formula is C26H26ClN5O5S. The van der Waals surface area contributed by atoms with Crippen LogP contribution < -0.4 is 25.1 Å². The van der Waals surface area contributed by atoms with Crippen LogP contribution in [-0.4, -0.2) is 44.2 Å². The Labute approximate surface area is 225 Å². The third-order valence-corrected chi connectivity index (χ3v) is 7.22. The van der Waals surface area contributed by atoms with Gasteiger partial charge in [0.05, 0.1) is 19.2 Å². The molecule has 0 saturated carbocycles. The van der Waals surface area contributed by atoms with Gasteiger partial charge in [-0.2, -0.15) is 4.98 Å². The molecule has 0 aliphatic carbocycles. The Balaban J connectivity index is 1.79. The van der Waals surface area contributed by atoms with Crippen molar-refractivity contribution in [3.8, 4) is 22.6 Å². The molecule has 2 N–H and O–H groups in total. The number of nitrogens with one attached hydrogen (secondary N) is 2. The van der Waals surface area contributed by atoms with E-state index >= 15 is 0 Å². The van der Waals surface area contributed by atoms with Gasteiger partial charge < -0.3 is 14.8 Å². The number of sulfonamides is 1. The van der Waals surface area contributed by atoms with Crippen molar-refractivity contribution in [2.75, 3.05) is 31.3 Å². The molecule has 2 aromatic carbocycles. The molecule has 0 radical (unpaired) electrons. The fourth-order valence-corrected chi connectivity index (χ4v) is 4.74. The van der Waals surface area contributed by atoms with E-state index in [-0.39, 0.29) is 10.6 Å². The van der Waals surface area contributed by atoms with E-state index in [1.54, 1.807) is 60.3 Å². The second-order valence-electron chi connectivity index (χ2n) is 8.19. The van der Waals surface area contributed by atoms with Crippen LogP contribution in [-0.2, 0) is 23.0 Å². The Morgan fingerprint density at radius 3 is 2.47 bits per heavy atom. The van der Waals surface area contributed by atoms with Crippen LogP contribution in [0.2, 0.25) is 5.02 Å². The minimum Gasteiger partial charge on any atom is -0.497 e. The number of benzene rings is 2. The Bertz CT molecular complexity index is 1670. The number of hydrogen-bond acceptors (Lipinski definition) is 8. The molecule has 4 aromatic rings. The normalized spacial score (nSPS) is 11.3. The number of methoxy groups -OCH3 is 2. The van der Waals surface area contributed by atoms with E-state index in [0.29, 0.717) is 58.3 Å². The highest BCUT2D eigenvalue weighted by atomic mass is 35.5. The number of fused-ring (bicyclic) bond motifs is 1. The zero-order valence-corrected chi connectivity index (χ0v) is 22.6. The van der Waals surface area contributed by atoms with Gasteiger partial charge >= 0.3 is 0 Å². The van der Waals surface area contributed by atoms with E-state index < -0.39 is 10.0 Å².